The average Bonchev–Trinajstić information content (AvgIpc) is 2.25. The van der Waals surface area contributed by atoms with Crippen molar-refractivity contribution in [1.82, 2.24) is 15.3 Å². The van der Waals surface area contributed by atoms with Crippen LogP contribution in [-0.2, 0) is 0 Å². The molecule has 2 unspecified atom stereocenters. The summed E-state index contributed by atoms with van der Waals surface area (Å²) >= 11 is 0. The summed E-state index contributed by atoms with van der Waals surface area (Å²) < 4.78 is 0. The number of rotatable bonds is 2. The molecule has 0 aromatic rings. The van der Waals surface area contributed by atoms with E-state index in [1.54, 1.807) is 0 Å². The van der Waals surface area contributed by atoms with Crippen LogP contribution in [0.3, 0.4) is 0 Å². The highest BCUT2D eigenvalue weighted by atomic mass is 16.3. The van der Waals surface area contributed by atoms with E-state index >= 15 is 0 Å². The zero-order valence-corrected chi connectivity index (χ0v) is 9.65. The van der Waals surface area contributed by atoms with Gasteiger partial charge in [-0.1, -0.05) is 12.8 Å². The molecule has 2 atom stereocenters. The highest BCUT2D eigenvalue weighted by Gasteiger charge is 2.25. The Labute approximate surface area is 92.2 Å². The van der Waals surface area contributed by atoms with Crippen LogP contribution in [0.1, 0.15) is 25.7 Å². The van der Waals surface area contributed by atoms with Crippen LogP contribution in [0.5, 0.6) is 0 Å². The van der Waals surface area contributed by atoms with Crippen molar-refractivity contribution in [2.45, 2.75) is 37.8 Å². The molecule has 1 saturated carbocycles. The Morgan fingerprint density at radius 1 is 1.07 bits per heavy atom. The molecule has 0 bridgehead atoms. The third kappa shape index (κ3) is 3.14. The Bertz CT molecular complexity index is 192. The van der Waals surface area contributed by atoms with Crippen LogP contribution >= 0.6 is 0 Å². The summed E-state index contributed by atoms with van der Waals surface area (Å²) in [7, 11) is 2.16. The summed E-state index contributed by atoms with van der Waals surface area (Å²) in [5.41, 5.74) is 3.48. The van der Waals surface area contributed by atoms with Crippen molar-refractivity contribution in [3.63, 3.8) is 0 Å². The Balaban J connectivity index is 1.75. The van der Waals surface area contributed by atoms with Gasteiger partial charge in [-0.2, -0.15) is 0 Å². The van der Waals surface area contributed by atoms with Crippen LogP contribution in [0.15, 0.2) is 0 Å². The quantitative estimate of drug-likeness (QED) is 0.679. The van der Waals surface area contributed by atoms with Crippen molar-refractivity contribution >= 4 is 0 Å². The van der Waals surface area contributed by atoms with Crippen LogP contribution in [0.2, 0.25) is 0 Å². The molecule has 0 amide bonds. The molecule has 0 spiro atoms. The van der Waals surface area contributed by atoms with Gasteiger partial charge < -0.3 is 10.0 Å². The zero-order valence-electron chi connectivity index (χ0n) is 9.65. The number of hydrogen-bond donors (Lipinski definition) is 2. The lowest BCUT2D eigenvalue weighted by molar-refractivity contribution is 0.0199. The van der Waals surface area contributed by atoms with Crippen LogP contribution < -0.4 is 5.43 Å². The Hall–Kier alpha value is -0.160. The van der Waals surface area contributed by atoms with Gasteiger partial charge in [-0.05, 0) is 19.9 Å². The van der Waals surface area contributed by atoms with Crippen molar-refractivity contribution in [1.29, 1.82) is 0 Å². The molecule has 1 aliphatic heterocycles. The first-order valence-electron chi connectivity index (χ1n) is 6.13. The van der Waals surface area contributed by atoms with Gasteiger partial charge in [-0.15, -0.1) is 0 Å². The van der Waals surface area contributed by atoms with E-state index in [2.05, 4.69) is 22.4 Å². The van der Waals surface area contributed by atoms with E-state index in [9.17, 15) is 5.11 Å². The van der Waals surface area contributed by atoms with Crippen molar-refractivity contribution < 1.29 is 5.11 Å². The van der Waals surface area contributed by atoms with Gasteiger partial charge in [-0.3, -0.25) is 0 Å². The molecule has 0 radical (unpaired) electrons. The smallest absolute Gasteiger partial charge is 0.0706 e. The summed E-state index contributed by atoms with van der Waals surface area (Å²) in [5.74, 6) is 0. The predicted octanol–water partition coefficient (Wildman–Crippen LogP) is 0.0419. The fraction of sp³-hybridized carbons (Fsp3) is 1.00. The number of piperazine rings is 1. The first kappa shape index (κ1) is 11.3. The maximum Gasteiger partial charge on any atom is 0.0706 e. The second kappa shape index (κ2) is 5.25. The molecular formula is C11H23N3O. The van der Waals surface area contributed by atoms with Gasteiger partial charge in [0.25, 0.3) is 0 Å². The SMILES string of the molecule is CN1CCN(NC2CCCCC2O)CC1. The normalized spacial score (nSPS) is 35.6. The molecule has 4 nitrogen and oxygen atoms in total. The number of likely N-dealkylation sites (N-methyl/N-ethyl adjacent to an activating group) is 1. The predicted molar refractivity (Wildman–Crippen MR) is 60.5 cm³/mol. The lowest BCUT2D eigenvalue weighted by Crippen LogP contribution is -2.56. The van der Waals surface area contributed by atoms with Gasteiger partial charge in [0.05, 0.1) is 6.10 Å². The molecule has 1 saturated heterocycles. The molecule has 0 aromatic heterocycles. The van der Waals surface area contributed by atoms with E-state index < -0.39 is 0 Å². The first-order valence-corrected chi connectivity index (χ1v) is 6.13. The fourth-order valence-corrected chi connectivity index (χ4v) is 2.43. The Kier molecular flexibility index (Phi) is 3.97. The van der Waals surface area contributed by atoms with E-state index in [0.717, 1.165) is 39.0 Å². The highest BCUT2D eigenvalue weighted by molar-refractivity contribution is 4.80. The van der Waals surface area contributed by atoms with Crippen LogP contribution in [0.4, 0.5) is 0 Å². The second-order valence-electron chi connectivity index (χ2n) is 4.88. The number of hydrogen-bond acceptors (Lipinski definition) is 4. The van der Waals surface area contributed by atoms with Crippen molar-refractivity contribution in [2.75, 3.05) is 33.2 Å². The number of hydrazine groups is 1. The molecule has 1 heterocycles. The molecule has 15 heavy (non-hydrogen) atoms. The minimum atomic E-state index is -0.140. The van der Waals surface area contributed by atoms with E-state index in [0.29, 0.717) is 6.04 Å². The molecule has 0 aromatic carbocycles. The van der Waals surface area contributed by atoms with Gasteiger partial charge in [0.1, 0.15) is 0 Å². The molecule has 4 heteroatoms. The van der Waals surface area contributed by atoms with E-state index in [1.165, 1.54) is 12.8 Å². The van der Waals surface area contributed by atoms with Gasteiger partial charge in [0.15, 0.2) is 0 Å². The van der Waals surface area contributed by atoms with Crippen molar-refractivity contribution in [2.24, 2.45) is 0 Å². The minimum Gasteiger partial charge on any atom is -0.391 e. The summed E-state index contributed by atoms with van der Waals surface area (Å²) in [6.07, 6.45) is 4.38. The topological polar surface area (TPSA) is 38.7 Å². The number of nitrogens with zero attached hydrogens (tertiary/aromatic N) is 2. The third-order valence-electron chi connectivity index (χ3n) is 3.58. The average molecular weight is 213 g/mol. The van der Waals surface area contributed by atoms with E-state index in [4.69, 9.17) is 0 Å². The minimum absolute atomic E-state index is 0.140. The Morgan fingerprint density at radius 2 is 1.73 bits per heavy atom. The van der Waals surface area contributed by atoms with Crippen LogP contribution in [-0.4, -0.2) is 60.4 Å². The molecule has 88 valence electrons. The van der Waals surface area contributed by atoms with E-state index in [1.807, 2.05) is 0 Å². The van der Waals surface area contributed by atoms with Gasteiger partial charge in [-0.25, -0.2) is 10.4 Å². The van der Waals surface area contributed by atoms with Gasteiger partial charge >= 0.3 is 0 Å². The van der Waals surface area contributed by atoms with Crippen molar-refractivity contribution in [3.8, 4) is 0 Å². The first-order chi connectivity index (χ1) is 7.25. The summed E-state index contributed by atoms with van der Waals surface area (Å²) in [5, 5.41) is 12.1. The number of aliphatic hydroxyl groups excluding tert-OH is 1. The second-order valence-corrected chi connectivity index (χ2v) is 4.88. The molecule has 1 aliphatic carbocycles. The monoisotopic (exact) mass is 213 g/mol. The number of aliphatic hydroxyl groups is 1. The maximum absolute atomic E-state index is 9.85. The van der Waals surface area contributed by atoms with Crippen LogP contribution in [0, 0.1) is 0 Å². The summed E-state index contributed by atoms with van der Waals surface area (Å²) in [4.78, 5) is 2.34. The fourth-order valence-electron chi connectivity index (χ4n) is 2.43. The van der Waals surface area contributed by atoms with Crippen LogP contribution in [0.25, 0.3) is 0 Å². The standard InChI is InChI=1S/C11H23N3O/c1-13-6-8-14(9-7-13)12-10-4-2-3-5-11(10)15/h10-12,15H,2-9H2,1H3. The molecule has 2 fully saturated rings. The maximum atomic E-state index is 9.85. The molecule has 2 N–H and O–H groups in total. The summed E-state index contributed by atoms with van der Waals surface area (Å²) in [6, 6.07) is 0.294. The lowest BCUT2D eigenvalue weighted by Gasteiger charge is -2.38. The van der Waals surface area contributed by atoms with Gasteiger partial charge in [0, 0.05) is 32.2 Å². The van der Waals surface area contributed by atoms with Gasteiger partial charge in [0.2, 0.25) is 0 Å². The summed E-state index contributed by atoms with van der Waals surface area (Å²) in [6.45, 7) is 4.38. The van der Waals surface area contributed by atoms with Crippen molar-refractivity contribution in [3.05, 3.63) is 0 Å². The number of nitrogens with one attached hydrogen (secondary N) is 1. The largest absolute Gasteiger partial charge is 0.391 e. The Morgan fingerprint density at radius 3 is 2.40 bits per heavy atom. The zero-order chi connectivity index (χ0) is 10.7. The van der Waals surface area contributed by atoms with E-state index in [-0.39, 0.29) is 6.10 Å². The highest BCUT2D eigenvalue weighted by Crippen LogP contribution is 2.18. The molecule has 2 rings (SSSR count). The third-order valence-corrected chi connectivity index (χ3v) is 3.58. The molecule has 2 aliphatic rings. The molecular weight excluding hydrogens is 190 g/mol. The lowest BCUT2D eigenvalue weighted by atomic mass is 9.93.